The number of methoxy groups -OCH3 is 1. The van der Waals surface area contributed by atoms with Gasteiger partial charge in [-0.25, -0.2) is 0 Å². The van der Waals surface area contributed by atoms with E-state index in [0.717, 1.165) is 0 Å². The average molecular weight is 237 g/mol. The standard InChI is InChI=1S/C11H15N3O3/c1-17-9-5-3-2-4-8(9)11(16)14-13-10(15)6-7-12/h2-5H,6-7,12H2,1H3,(H,13,15)(H,14,16). The highest BCUT2D eigenvalue weighted by Crippen LogP contribution is 2.16. The zero-order valence-corrected chi connectivity index (χ0v) is 9.53. The van der Waals surface area contributed by atoms with Gasteiger partial charge in [0.25, 0.3) is 5.91 Å². The molecule has 1 aromatic rings. The molecular formula is C11H15N3O3. The Morgan fingerprint density at radius 2 is 2.00 bits per heavy atom. The fourth-order valence-electron chi connectivity index (χ4n) is 1.22. The number of rotatable bonds is 4. The summed E-state index contributed by atoms with van der Waals surface area (Å²) in [6, 6.07) is 6.72. The van der Waals surface area contributed by atoms with Crippen LogP contribution in [0.5, 0.6) is 5.75 Å². The van der Waals surface area contributed by atoms with Crippen LogP contribution in [0, 0.1) is 0 Å². The van der Waals surface area contributed by atoms with Gasteiger partial charge in [0.1, 0.15) is 5.75 Å². The zero-order chi connectivity index (χ0) is 12.7. The molecule has 4 N–H and O–H groups in total. The third kappa shape index (κ3) is 3.76. The van der Waals surface area contributed by atoms with Crippen LogP contribution in [0.25, 0.3) is 0 Å². The summed E-state index contributed by atoms with van der Waals surface area (Å²) in [7, 11) is 1.47. The maximum absolute atomic E-state index is 11.7. The van der Waals surface area contributed by atoms with E-state index in [-0.39, 0.29) is 18.9 Å². The van der Waals surface area contributed by atoms with Crippen molar-refractivity contribution in [3.05, 3.63) is 29.8 Å². The van der Waals surface area contributed by atoms with Gasteiger partial charge in [-0.2, -0.15) is 0 Å². The second kappa shape index (κ2) is 6.49. The van der Waals surface area contributed by atoms with Crippen molar-refractivity contribution >= 4 is 11.8 Å². The van der Waals surface area contributed by atoms with E-state index in [9.17, 15) is 9.59 Å². The smallest absolute Gasteiger partial charge is 0.273 e. The van der Waals surface area contributed by atoms with Crippen molar-refractivity contribution in [1.29, 1.82) is 0 Å². The van der Waals surface area contributed by atoms with Crippen molar-refractivity contribution in [3.63, 3.8) is 0 Å². The summed E-state index contributed by atoms with van der Waals surface area (Å²) in [5, 5.41) is 0. The van der Waals surface area contributed by atoms with Crippen LogP contribution in [0.4, 0.5) is 0 Å². The number of carbonyl (C=O) groups is 2. The molecule has 0 spiro atoms. The van der Waals surface area contributed by atoms with Gasteiger partial charge in [0.15, 0.2) is 0 Å². The summed E-state index contributed by atoms with van der Waals surface area (Å²) in [5.41, 5.74) is 10.1. The van der Waals surface area contributed by atoms with Gasteiger partial charge >= 0.3 is 0 Å². The van der Waals surface area contributed by atoms with Crippen LogP contribution < -0.4 is 21.3 Å². The molecular weight excluding hydrogens is 222 g/mol. The van der Waals surface area contributed by atoms with Gasteiger partial charge in [0, 0.05) is 13.0 Å². The van der Waals surface area contributed by atoms with Crippen LogP contribution >= 0.6 is 0 Å². The van der Waals surface area contributed by atoms with Gasteiger partial charge in [-0.1, -0.05) is 12.1 Å². The summed E-state index contributed by atoms with van der Waals surface area (Å²) in [5.74, 6) is -0.332. The number of nitrogens with two attached hydrogens (primary N) is 1. The molecule has 0 aromatic heterocycles. The summed E-state index contributed by atoms with van der Waals surface area (Å²) in [4.78, 5) is 22.8. The topological polar surface area (TPSA) is 93.5 Å². The van der Waals surface area contributed by atoms with Crippen LogP contribution in [0.3, 0.4) is 0 Å². The Bertz CT molecular complexity index is 407. The molecule has 0 unspecified atom stereocenters. The van der Waals surface area contributed by atoms with E-state index < -0.39 is 5.91 Å². The molecule has 1 aromatic carbocycles. The van der Waals surface area contributed by atoms with E-state index in [1.807, 2.05) is 0 Å². The maximum atomic E-state index is 11.7. The van der Waals surface area contributed by atoms with E-state index >= 15 is 0 Å². The number of para-hydroxylation sites is 1. The number of hydrogen-bond donors (Lipinski definition) is 3. The van der Waals surface area contributed by atoms with Crippen molar-refractivity contribution < 1.29 is 14.3 Å². The number of ether oxygens (including phenoxy) is 1. The highest BCUT2D eigenvalue weighted by molar-refractivity contribution is 5.97. The Kier molecular flexibility index (Phi) is 4.96. The molecule has 0 bridgehead atoms. The predicted octanol–water partition coefficient (Wildman–Crippen LogP) is -0.195. The first-order chi connectivity index (χ1) is 8.19. The highest BCUT2D eigenvalue weighted by atomic mass is 16.5. The van der Waals surface area contributed by atoms with Gasteiger partial charge < -0.3 is 10.5 Å². The molecule has 2 amide bonds. The molecule has 6 nitrogen and oxygen atoms in total. The molecule has 0 heterocycles. The first kappa shape index (κ1) is 13.0. The van der Waals surface area contributed by atoms with E-state index in [1.54, 1.807) is 24.3 Å². The Labute approximate surface area is 99.1 Å². The second-order valence-electron chi connectivity index (χ2n) is 3.24. The lowest BCUT2D eigenvalue weighted by Gasteiger charge is -2.09. The number of hydrogen-bond acceptors (Lipinski definition) is 4. The lowest BCUT2D eigenvalue weighted by Crippen LogP contribution is -2.42. The van der Waals surface area contributed by atoms with Gasteiger partial charge in [-0.05, 0) is 12.1 Å². The normalized spacial score (nSPS) is 9.53. The minimum atomic E-state index is -0.437. The number of nitrogens with one attached hydrogen (secondary N) is 2. The van der Waals surface area contributed by atoms with Crippen LogP contribution in [0.15, 0.2) is 24.3 Å². The minimum Gasteiger partial charge on any atom is -0.496 e. The van der Waals surface area contributed by atoms with E-state index in [4.69, 9.17) is 10.5 Å². The van der Waals surface area contributed by atoms with Crippen molar-refractivity contribution in [2.45, 2.75) is 6.42 Å². The molecule has 0 atom stereocenters. The minimum absolute atomic E-state index is 0.159. The second-order valence-corrected chi connectivity index (χ2v) is 3.24. The van der Waals surface area contributed by atoms with E-state index in [0.29, 0.717) is 11.3 Å². The number of hydrazine groups is 1. The SMILES string of the molecule is COc1ccccc1C(=O)NNC(=O)CCN. The van der Waals surface area contributed by atoms with Crippen molar-refractivity contribution in [1.82, 2.24) is 10.9 Å². The van der Waals surface area contributed by atoms with Gasteiger partial charge in [-0.15, -0.1) is 0 Å². The van der Waals surface area contributed by atoms with Crippen LogP contribution in [0.2, 0.25) is 0 Å². The third-order valence-corrected chi connectivity index (χ3v) is 2.04. The van der Waals surface area contributed by atoms with Crippen molar-refractivity contribution in [2.24, 2.45) is 5.73 Å². The van der Waals surface area contributed by atoms with Crippen molar-refractivity contribution in [3.8, 4) is 5.75 Å². The summed E-state index contributed by atoms with van der Waals surface area (Å²) < 4.78 is 5.03. The molecule has 1 rings (SSSR count). The molecule has 0 fully saturated rings. The number of carbonyl (C=O) groups excluding carboxylic acids is 2. The van der Waals surface area contributed by atoms with Crippen LogP contribution in [0.1, 0.15) is 16.8 Å². The molecule has 17 heavy (non-hydrogen) atoms. The summed E-state index contributed by atoms with van der Waals surface area (Å²) in [6.45, 7) is 0.233. The third-order valence-electron chi connectivity index (χ3n) is 2.04. The number of amides is 2. The van der Waals surface area contributed by atoms with Gasteiger partial charge in [0.2, 0.25) is 5.91 Å². The monoisotopic (exact) mass is 237 g/mol. The molecule has 0 saturated carbocycles. The maximum Gasteiger partial charge on any atom is 0.273 e. The fraction of sp³-hybridized carbons (Fsp3) is 0.273. The first-order valence-electron chi connectivity index (χ1n) is 5.11. The van der Waals surface area contributed by atoms with Gasteiger partial charge in [0.05, 0.1) is 12.7 Å². The Hall–Kier alpha value is -2.08. The Morgan fingerprint density at radius 1 is 1.29 bits per heavy atom. The Morgan fingerprint density at radius 3 is 2.65 bits per heavy atom. The number of benzene rings is 1. The quantitative estimate of drug-likeness (QED) is 0.632. The largest absolute Gasteiger partial charge is 0.496 e. The predicted molar refractivity (Wildman–Crippen MR) is 62.3 cm³/mol. The average Bonchev–Trinajstić information content (AvgIpc) is 2.36. The van der Waals surface area contributed by atoms with Crippen LogP contribution in [-0.2, 0) is 4.79 Å². The molecule has 0 radical (unpaired) electrons. The van der Waals surface area contributed by atoms with Crippen molar-refractivity contribution in [2.75, 3.05) is 13.7 Å². The molecule has 0 aliphatic carbocycles. The lowest BCUT2D eigenvalue weighted by molar-refractivity contribution is -0.121. The molecule has 6 heteroatoms. The molecule has 0 saturated heterocycles. The highest BCUT2D eigenvalue weighted by Gasteiger charge is 2.11. The summed E-state index contributed by atoms with van der Waals surface area (Å²) >= 11 is 0. The first-order valence-corrected chi connectivity index (χ1v) is 5.11. The zero-order valence-electron chi connectivity index (χ0n) is 9.53. The van der Waals surface area contributed by atoms with E-state index in [1.165, 1.54) is 7.11 Å². The van der Waals surface area contributed by atoms with E-state index in [2.05, 4.69) is 10.9 Å². The fourth-order valence-corrected chi connectivity index (χ4v) is 1.22. The molecule has 0 aliphatic heterocycles. The van der Waals surface area contributed by atoms with Gasteiger partial charge in [-0.3, -0.25) is 20.4 Å². The molecule has 0 aliphatic rings. The summed E-state index contributed by atoms with van der Waals surface area (Å²) in [6.07, 6.45) is 0.159. The lowest BCUT2D eigenvalue weighted by atomic mass is 10.2. The molecule has 92 valence electrons. The Balaban J connectivity index is 2.61. The van der Waals surface area contributed by atoms with Crippen LogP contribution in [-0.4, -0.2) is 25.5 Å².